The molecular weight excluding hydrogens is 304 g/mol. The van der Waals surface area contributed by atoms with Crippen molar-refractivity contribution in [2.45, 2.75) is 6.54 Å². The number of carboxylic acid groups (broad SMARTS) is 1. The highest BCUT2D eigenvalue weighted by molar-refractivity contribution is 9.10. The number of hydrogen-bond donors (Lipinski definition) is 3. The van der Waals surface area contributed by atoms with Crippen LogP contribution in [0.2, 0.25) is 0 Å². The predicted molar refractivity (Wildman–Crippen MR) is 67.1 cm³/mol. The van der Waals surface area contributed by atoms with Gasteiger partial charge in [-0.3, -0.25) is 0 Å². The first-order valence-electron chi connectivity index (χ1n) is 4.91. The Labute approximate surface area is 110 Å². The SMILES string of the molecule is Nc1nnc(CNc2ccc(Br)cc2C(=O)O)o1. The summed E-state index contributed by atoms with van der Waals surface area (Å²) in [5.74, 6) is -0.740. The zero-order valence-electron chi connectivity index (χ0n) is 9.05. The maximum absolute atomic E-state index is 11.1. The molecule has 1 aromatic heterocycles. The first-order valence-corrected chi connectivity index (χ1v) is 5.70. The van der Waals surface area contributed by atoms with Gasteiger partial charge in [0.1, 0.15) is 0 Å². The summed E-state index contributed by atoms with van der Waals surface area (Å²) in [6.07, 6.45) is 0. The van der Waals surface area contributed by atoms with Crippen molar-refractivity contribution in [1.29, 1.82) is 0 Å². The average Bonchev–Trinajstić information content (AvgIpc) is 2.73. The molecule has 8 heteroatoms. The van der Waals surface area contributed by atoms with Crippen LogP contribution < -0.4 is 11.1 Å². The molecule has 94 valence electrons. The fourth-order valence-corrected chi connectivity index (χ4v) is 1.72. The summed E-state index contributed by atoms with van der Waals surface area (Å²) in [5, 5.41) is 19.1. The number of nitrogens with two attached hydrogens (primary N) is 1. The van der Waals surface area contributed by atoms with E-state index in [-0.39, 0.29) is 24.0 Å². The van der Waals surface area contributed by atoms with Crippen molar-refractivity contribution in [2.75, 3.05) is 11.1 Å². The Kier molecular flexibility index (Phi) is 3.47. The Bertz CT molecular complexity index is 584. The van der Waals surface area contributed by atoms with Gasteiger partial charge in [-0.1, -0.05) is 21.0 Å². The van der Waals surface area contributed by atoms with E-state index in [2.05, 4.69) is 31.4 Å². The molecule has 0 aliphatic heterocycles. The zero-order valence-corrected chi connectivity index (χ0v) is 10.6. The number of benzene rings is 1. The van der Waals surface area contributed by atoms with Crippen molar-refractivity contribution < 1.29 is 14.3 Å². The van der Waals surface area contributed by atoms with Crippen LogP contribution in [0.25, 0.3) is 0 Å². The molecule has 4 N–H and O–H groups in total. The lowest BCUT2D eigenvalue weighted by Gasteiger charge is -2.07. The molecule has 2 aromatic rings. The topological polar surface area (TPSA) is 114 Å². The maximum Gasteiger partial charge on any atom is 0.337 e. The number of aromatic nitrogens is 2. The van der Waals surface area contributed by atoms with Gasteiger partial charge in [-0.25, -0.2) is 4.79 Å². The van der Waals surface area contributed by atoms with E-state index in [1.807, 2.05) is 0 Å². The maximum atomic E-state index is 11.1. The molecule has 0 saturated heterocycles. The number of anilines is 2. The van der Waals surface area contributed by atoms with Crippen LogP contribution in [0.15, 0.2) is 27.1 Å². The van der Waals surface area contributed by atoms with Crippen LogP contribution in [0.3, 0.4) is 0 Å². The molecular formula is C10H9BrN4O3. The van der Waals surface area contributed by atoms with Crippen molar-refractivity contribution >= 4 is 33.6 Å². The zero-order chi connectivity index (χ0) is 13.1. The van der Waals surface area contributed by atoms with E-state index in [1.54, 1.807) is 12.1 Å². The minimum absolute atomic E-state index is 0.0268. The Morgan fingerprint density at radius 1 is 1.50 bits per heavy atom. The Hall–Kier alpha value is -2.09. The number of nitrogens with zero attached hydrogens (tertiary/aromatic N) is 2. The van der Waals surface area contributed by atoms with Crippen LogP contribution in [0, 0.1) is 0 Å². The smallest absolute Gasteiger partial charge is 0.337 e. The highest BCUT2D eigenvalue weighted by Gasteiger charge is 2.11. The average molecular weight is 313 g/mol. The molecule has 0 aliphatic rings. The largest absolute Gasteiger partial charge is 0.478 e. The summed E-state index contributed by atoms with van der Waals surface area (Å²) >= 11 is 3.22. The summed E-state index contributed by atoms with van der Waals surface area (Å²) in [6.45, 7) is 0.201. The molecule has 2 rings (SSSR count). The van der Waals surface area contributed by atoms with Gasteiger partial charge in [0.2, 0.25) is 5.89 Å². The van der Waals surface area contributed by atoms with Crippen molar-refractivity contribution in [3.8, 4) is 0 Å². The van der Waals surface area contributed by atoms with Gasteiger partial charge in [0.25, 0.3) is 0 Å². The highest BCUT2D eigenvalue weighted by atomic mass is 79.9. The van der Waals surface area contributed by atoms with E-state index in [4.69, 9.17) is 15.3 Å². The lowest BCUT2D eigenvalue weighted by atomic mass is 10.2. The minimum atomic E-state index is -1.02. The third-order valence-corrected chi connectivity index (χ3v) is 2.62. The molecule has 0 bridgehead atoms. The van der Waals surface area contributed by atoms with Crippen molar-refractivity contribution in [1.82, 2.24) is 10.2 Å². The third kappa shape index (κ3) is 2.77. The molecule has 0 radical (unpaired) electrons. The highest BCUT2D eigenvalue weighted by Crippen LogP contribution is 2.21. The number of carboxylic acids is 1. The molecule has 0 spiro atoms. The molecule has 0 aliphatic carbocycles. The summed E-state index contributed by atoms with van der Waals surface area (Å²) in [6, 6.07) is 4.86. The number of rotatable bonds is 4. The standard InChI is InChI=1S/C10H9BrN4O3/c11-5-1-2-7(6(3-5)9(16)17)13-4-8-14-15-10(12)18-8/h1-3,13H,4H2,(H2,12,15)(H,16,17). The molecule has 0 unspecified atom stereocenters. The second-order valence-corrected chi connectivity index (χ2v) is 4.30. The lowest BCUT2D eigenvalue weighted by Crippen LogP contribution is -2.06. The fraction of sp³-hybridized carbons (Fsp3) is 0.100. The van der Waals surface area contributed by atoms with Crippen molar-refractivity contribution in [3.05, 3.63) is 34.1 Å². The van der Waals surface area contributed by atoms with Crippen molar-refractivity contribution in [3.63, 3.8) is 0 Å². The van der Waals surface area contributed by atoms with Gasteiger partial charge in [0.15, 0.2) is 0 Å². The van der Waals surface area contributed by atoms with E-state index in [0.29, 0.717) is 10.2 Å². The lowest BCUT2D eigenvalue weighted by molar-refractivity contribution is 0.0698. The number of carbonyl (C=O) groups is 1. The second-order valence-electron chi connectivity index (χ2n) is 3.38. The molecule has 18 heavy (non-hydrogen) atoms. The monoisotopic (exact) mass is 312 g/mol. The van der Waals surface area contributed by atoms with Crippen LogP contribution in [0.5, 0.6) is 0 Å². The van der Waals surface area contributed by atoms with E-state index >= 15 is 0 Å². The molecule has 0 fully saturated rings. The first kappa shape index (κ1) is 12.4. The van der Waals surface area contributed by atoms with Gasteiger partial charge >= 0.3 is 12.0 Å². The number of nitrogens with one attached hydrogen (secondary N) is 1. The predicted octanol–water partition coefficient (Wildman–Crippen LogP) is 1.72. The molecule has 0 atom stereocenters. The van der Waals surface area contributed by atoms with Crippen LogP contribution >= 0.6 is 15.9 Å². The van der Waals surface area contributed by atoms with Crippen LogP contribution in [0.4, 0.5) is 11.7 Å². The quantitative estimate of drug-likeness (QED) is 0.787. The normalized spacial score (nSPS) is 10.3. The van der Waals surface area contributed by atoms with Crippen LogP contribution in [0.1, 0.15) is 16.2 Å². The Balaban J connectivity index is 2.16. The van der Waals surface area contributed by atoms with Gasteiger partial charge in [-0.05, 0) is 18.2 Å². The van der Waals surface area contributed by atoms with Crippen LogP contribution in [-0.2, 0) is 6.54 Å². The molecule has 0 saturated carbocycles. The van der Waals surface area contributed by atoms with E-state index in [9.17, 15) is 4.79 Å². The Morgan fingerprint density at radius 2 is 2.28 bits per heavy atom. The van der Waals surface area contributed by atoms with E-state index in [0.717, 1.165) is 0 Å². The molecule has 7 nitrogen and oxygen atoms in total. The van der Waals surface area contributed by atoms with Gasteiger partial charge in [-0.15, -0.1) is 5.10 Å². The summed E-state index contributed by atoms with van der Waals surface area (Å²) in [7, 11) is 0. The fourth-order valence-electron chi connectivity index (χ4n) is 1.36. The van der Waals surface area contributed by atoms with Gasteiger partial charge in [0, 0.05) is 10.2 Å². The molecule has 0 amide bonds. The molecule has 1 aromatic carbocycles. The van der Waals surface area contributed by atoms with E-state index in [1.165, 1.54) is 6.07 Å². The summed E-state index contributed by atoms with van der Waals surface area (Å²) < 4.78 is 5.65. The van der Waals surface area contributed by atoms with Gasteiger partial charge in [0.05, 0.1) is 12.1 Å². The van der Waals surface area contributed by atoms with Gasteiger partial charge in [-0.2, -0.15) is 0 Å². The van der Waals surface area contributed by atoms with Crippen molar-refractivity contribution in [2.24, 2.45) is 0 Å². The Morgan fingerprint density at radius 3 is 2.89 bits per heavy atom. The molecule has 1 heterocycles. The summed E-state index contributed by atoms with van der Waals surface area (Å²) in [4.78, 5) is 11.1. The number of nitrogen functional groups attached to an aromatic ring is 1. The van der Waals surface area contributed by atoms with Gasteiger partial charge < -0.3 is 20.6 Å². The number of aromatic carboxylic acids is 1. The first-order chi connectivity index (χ1) is 8.56. The van der Waals surface area contributed by atoms with Crippen LogP contribution in [-0.4, -0.2) is 21.3 Å². The minimum Gasteiger partial charge on any atom is -0.478 e. The second kappa shape index (κ2) is 5.05. The number of halogens is 1. The summed E-state index contributed by atoms with van der Waals surface area (Å²) in [5.41, 5.74) is 5.89. The number of hydrogen-bond acceptors (Lipinski definition) is 6. The third-order valence-electron chi connectivity index (χ3n) is 2.12. The van der Waals surface area contributed by atoms with E-state index < -0.39 is 5.97 Å².